The van der Waals surface area contributed by atoms with Crippen LogP contribution < -0.4 is 20.9 Å². The van der Waals surface area contributed by atoms with Crippen LogP contribution in [0.3, 0.4) is 0 Å². The smallest absolute Gasteiger partial charge is 0.416 e. The number of methoxy groups -OCH3 is 1. The van der Waals surface area contributed by atoms with Crippen molar-refractivity contribution < 1.29 is 36.6 Å². The summed E-state index contributed by atoms with van der Waals surface area (Å²) in [6, 6.07) is 14.9. The van der Waals surface area contributed by atoms with Gasteiger partial charge in [0, 0.05) is 36.1 Å². The first-order valence-electron chi connectivity index (χ1n) is 14.6. The number of hydrogen-bond acceptors (Lipinski definition) is 5. The molecular formula is C34H32F5N3O4. The van der Waals surface area contributed by atoms with E-state index in [0.717, 1.165) is 23.8 Å². The molecule has 0 saturated heterocycles. The van der Waals surface area contributed by atoms with Gasteiger partial charge in [-0.1, -0.05) is 48.5 Å². The largest absolute Gasteiger partial charge is 0.494 e. The van der Waals surface area contributed by atoms with E-state index >= 15 is 8.78 Å². The van der Waals surface area contributed by atoms with Gasteiger partial charge in [0.2, 0.25) is 0 Å². The number of halogens is 5. The van der Waals surface area contributed by atoms with Crippen molar-refractivity contribution >= 4 is 11.8 Å². The number of hydrogen-bond donors (Lipinski definition) is 3. The van der Waals surface area contributed by atoms with Crippen molar-refractivity contribution in [2.24, 2.45) is 0 Å². The van der Waals surface area contributed by atoms with Gasteiger partial charge in [0.1, 0.15) is 11.6 Å². The Kier molecular flexibility index (Phi) is 9.47. The summed E-state index contributed by atoms with van der Waals surface area (Å²) in [5.41, 5.74) is -1.39. The summed E-state index contributed by atoms with van der Waals surface area (Å²) in [5.74, 6) is -2.78. The molecule has 2 heterocycles. The fourth-order valence-electron chi connectivity index (χ4n) is 6.13. The van der Waals surface area contributed by atoms with Gasteiger partial charge < -0.3 is 20.5 Å². The van der Waals surface area contributed by atoms with Gasteiger partial charge in [-0.05, 0) is 49.2 Å². The van der Waals surface area contributed by atoms with Crippen molar-refractivity contribution in [2.75, 3.05) is 25.5 Å². The number of benzene rings is 3. The molecule has 0 radical (unpaired) electrons. The Hall–Kier alpha value is -4.71. The van der Waals surface area contributed by atoms with Crippen molar-refractivity contribution in [3.05, 3.63) is 117 Å². The quantitative estimate of drug-likeness (QED) is 0.122. The van der Waals surface area contributed by atoms with Crippen molar-refractivity contribution in [1.29, 1.82) is 0 Å². The Morgan fingerprint density at radius 1 is 1.07 bits per heavy atom. The number of aliphatic carboxylic acids is 1. The van der Waals surface area contributed by atoms with Crippen LogP contribution in [0.2, 0.25) is 0 Å². The highest BCUT2D eigenvalue weighted by molar-refractivity contribution is 5.74. The predicted octanol–water partition coefficient (Wildman–Crippen LogP) is 6.88. The highest BCUT2D eigenvalue weighted by Gasteiger charge is 2.38. The molecule has 1 aromatic heterocycles. The first-order chi connectivity index (χ1) is 21.9. The third-order valence-electron chi connectivity index (χ3n) is 8.30. The van der Waals surface area contributed by atoms with E-state index in [1.807, 2.05) is 30.3 Å². The summed E-state index contributed by atoms with van der Waals surface area (Å²) in [5, 5.41) is 15.6. The Morgan fingerprint density at radius 3 is 2.46 bits per heavy atom. The molecule has 242 valence electrons. The number of ether oxygens (including phenoxy) is 1. The topological polar surface area (TPSA) is 92.6 Å². The molecule has 1 aliphatic heterocycles. The van der Waals surface area contributed by atoms with Crippen LogP contribution in [0.25, 0.3) is 11.1 Å². The number of rotatable bonds is 11. The lowest BCUT2D eigenvalue weighted by atomic mass is 9.91. The maximum Gasteiger partial charge on any atom is 0.416 e. The Bertz CT molecular complexity index is 1810. The summed E-state index contributed by atoms with van der Waals surface area (Å²) in [4.78, 5) is 25.6. The fraction of sp³-hybridized carbons (Fsp3) is 0.294. The Balaban J connectivity index is 1.74. The van der Waals surface area contributed by atoms with Gasteiger partial charge in [-0.15, -0.1) is 0 Å². The maximum absolute atomic E-state index is 15.7. The van der Waals surface area contributed by atoms with E-state index in [9.17, 15) is 22.8 Å². The van der Waals surface area contributed by atoms with E-state index in [0.29, 0.717) is 6.42 Å². The average Bonchev–Trinajstić information content (AvgIpc) is 3.45. The number of aromatic nitrogens is 1. The molecule has 12 heteroatoms. The number of nitrogens with zero attached hydrogens (tertiary/aromatic N) is 1. The molecule has 0 spiro atoms. The molecule has 46 heavy (non-hydrogen) atoms. The molecule has 0 fully saturated rings. The molecular weight excluding hydrogens is 609 g/mol. The van der Waals surface area contributed by atoms with Crippen LogP contribution in [0.1, 0.15) is 52.7 Å². The standard InChI is InChI=1S/C34H32F5N3O4/c1-19-22(17-23-24(34(37,38)39)12-7-13-25(23)35)32-41-18-26(31(20-9-4-3-5-10-20)40-16-8-15-28(43)44)42(32)33(45)29(19)21-11-6-14-27(46-2)30(21)36/h3-7,9-14,26,31,40-41H,8,15-18H2,1-2H3,(H,43,44)/t26-,31?/m1/s1. The summed E-state index contributed by atoms with van der Waals surface area (Å²) in [6.07, 6.45) is -5.17. The van der Waals surface area contributed by atoms with E-state index in [1.54, 1.807) is 0 Å². The van der Waals surface area contributed by atoms with Crippen LogP contribution in [0.15, 0.2) is 71.5 Å². The average molecular weight is 642 g/mol. The minimum absolute atomic E-state index is 0.0826. The monoisotopic (exact) mass is 641 g/mol. The number of carboxylic acid groups (broad SMARTS) is 1. The van der Waals surface area contributed by atoms with Crippen LogP contribution in [-0.2, 0) is 17.4 Å². The van der Waals surface area contributed by atoms with E-state index in [1.165, 1.54) is 36.8 Å². The number of anilines is 1. The zero-order chi connectivity index (χ0) is 33.2. The van der Waals surface area contributed by atoms with E-state index in [-0.39, 0.29) is 53.3 Å². The van der Waals surface area contributed by atoms with Gasteiger partial charge in [0.05, 0.1) is 30.3 Å². The minimum Gasteiger partial charge on any atom is -0.494 e. The third-order valence-corrected chi connectivity index (χ3v) is 8.30. The maximum atomic E-state index is 15.7. The van der Waals surface area contributed by atoms with Crippen molar-refractivity contribution in [3.8, 4) is 16.9 Å². The molecule has 1 aliphatic rings. The molecule has 7 nitrogen and oxygen atoms in total. The third kappa shape index (κ3) is 6.34. The van der Waals surface area contributed by atoms with E-state index in [2.05, 4.69) is 10.6 Å². The van der Waals surface area contributed by atoms with E-state index in [4.69, 9.17) is 9.84 Å². The van der Waals surface area contributed by atoms with Gasteiger partial charge in [-0.2, -0.15) is 13.2 Å². The Labute approximate surface area is 261 Å². The van der Waals surface area contributed by atoms with Gasteiger partial charge >= 0.3 is 12.1 Å². The molecule has 0 aliphatic carbocycles. The molecule has 5 rings (SSSR count). The summed E-state index contributed by atoms with van der Waals surface area (Å²) in [6.45, 7) is 1.95. The van der Waals surface area contributed by atoms with Crippen LogP contribution in [0.5, 0.6) is 5.75 Å². The van der Waals surface area contributed by atoms with Crippen molar-refractivity contribution in [2.45, 2.75) is 44.4 Å². The first-order valence-corrected chi connectivity index (χ1v) is 14.6. The lowest BCUT2D eigenvalue weighted by Crippen LogP contribution is -2.36. The molecule has 0 amide bonds. The predicted molar refractivity (Wildman–Crippen MR) is 163 cm³/mol. The molecule has 0 bridgehead atoms. The number of nitrogens with one attached hydrogen (secondary N) is 2. The lowest BCUT2D eigenvalue weighted by Gasteiger charge is -2.28. The molecule has 3 aromatic carbocycles. The second-order valence-electron chi connectivity index (χ2n) is 11.1. The SMILES string of the molecule is COc1cccc(-c2c(C)c(Cc3c(F)cccc3C(F)(F)F)c3n(c2=O)[C@@H](C(NCCCC(=O)O)c2ccccc2)CN3)c1F. The summed E-state index contributed by atoms with van der Waals surface area (Å²) < 4.78 is 79.6. The van der Waals surface area contributed by atoms with Gasteiger partial charge in [-0.3, -0.25) is 14.2 Å². The number of carboxylic acids is 1. The highest BCUT2D eigenvalue weighted by Crippen LogP contribution is 2.41. The van der Waals surface area contributed by atoms with Gasteiger partial charge in [-0.25, -0.2) is 8.78 Å². The zero-order valence-electron chi connectivity index (χ0n) is 25.1. The second kappa shape index (κ2) is 13.3. The second-order valence-corrected chi connectivity index (χ2v) is 11.1. The lowest BCUT2D eigenvalue weighted by molar-refractivity contribution is -0.138. The number of carbonyl (C=O) groups is 1. The first kappa shape index (κ1) is 32.7. The van der Waals surface area contributed by atoms with Crippen LogP contribution in [0, 0.1) is 18.6 Å². The molecule has 3 N–H and O–H groups in total. The number of alkyl halides is 3. The summed E-state index contributed by atoms with van der Waals surface area (Å²) >= 11 is 0. The van der Waals surface area contributed by atoms with Crippen LogP contribution in [-0.4, -0.2) is 35.8 Å². The molecule has 4 aromatic rings. The molecule has 2 atom stereocenters. The number of fused-ring (bicyclic) bond motifs is 1. The molecule has 1 unspecified atom stereocenters. The van der Waals surface area contributed by atoms with Crippen molar-refractivity contribution in [1.82, 2.24) is 9.88 Å². The Morgan fingerprint density at radius 2 is 1.78 bits per heavy atom. The highest BCUT2D eigenvalue weighted by atomic mass is 19.4. The fourth-order valence-corrected chi connectivity index (χ4v) is 6.13. The van der Waals surface area contributed by atoms with Gasteiger partial charge in [0.25, 0.3) is 5.56 Å². The minimum atomic E-state index is -4.85. The zero-order valence-corrected chi connectivity index (χ0v) is 25.1. The van der Waals surface area contributed by atoms with Crippen molar-refractivity contribution in [3.63, 3.8) is 0 Å². The van der Waals surface area contributed by atoms with Gasteiger partial charge in [0.15, 0.2) is 11.6 Å². The van der Waals surface area contributed by atoms with Crippen LogP contribution >= 0.6 is 0 Å². The summed E-state index contributed by atoms with van der Waals surface area (Å²) in [7, 11) is 1.27. The van der Waals surface area contributed by atoms with E-state index < -0.39 is 59.0 Å². The normalized spacial score (nSPS) is 14.9. The number of pyridine rings is 1. The molecule has 0 saturated carbocycles. The van der Waals surface area contributed by atoms with Crippen LogP contribution in [0.4, 0.5) is 27.8 Å².